The Morgan fingerprint density at radius 2 is 2.00 bits per heavy atom. The summed E-state index contributed by atoms with van der Waals surface area (Å²) in [6.45, 7) is 5.69. The minimum atomic E-state index is -0.768. The molecule has 1 unspecified atom stereocenters. The predicted octanol–water partition coefficient (Wildman–Crippen LogP) is 2.83. The minimum absolute atomic E-state index is 0.385. The fourth-order valence-electron chi connectivity index (χ4n) is 1.81. The van der Waals surface area contributed by atoms with Gasteiger partial charge in [-0.05, 0) is 31.4 Å². The summed E-state index contributed by atoms with van der Waals surface area (Å²) in [5.74, 6) is -1.15. The number of carboxylic acid groups (broad SMARTS) is 1. The maximum Gasteiger partial charge on any atom is 0.306 e. The van der Waals surface area contributed by atoms with E-state index in [2.05, 4.69) is 0 Å². The summed E-state index contributed by atoms with van der Waals surface area (Å²) in [5, 5.41) is 8.96. The monoisotopic (exact) mass is 236 g/mol. The molecule has 0 aliphatic rings. The van der Waals surface area contributed by atoms with Crippen LogP contribution in [0.1, 0.15) is 31.9 Å². The number of rotatable bonds is 5. The number of methoxy groups -OCH3 is 1. The van der Waals surface area contributed by atoms with Gasteiger partial charge in [0.1, 0.15) is 0 Å². The van der Waals surface area contributed by atoms with Crippen LogP contribution in [0.5, 0.6) is 0 Å². The smallest absolute Gasteiger partial charge is 0.306 e. The molecule has 1 atom stereocenters. The normalized spacial score (nSPS) is 13.4. The van der Waals surface area contributed by atoms with Gasteiger partial charge in [-0.15, -0.1) is 0 Å². The van der Waals surface area contributed by atoms with Gasteiger partial charge >= 0.3 is 5.97 Å². The Balaban J connectivity index is 3.04. The fourth-order valence-corrected chi connectivity index (χ4v) is 1.81. The van der Waals surface area contributed by atoms with Crippen LogP contribution >= 0.6 is 0 Å². The number of hydrogen-bond donors (Lipinski definition) is 1. The van der Waals surface area contributed by atoms with Crippen molar-refractivity contribution in [1.82, 2.24) is 0 Å². The van der Waals surface area contributed by atoms with Crippen LogP contribution in [0.2, 0.25) is 0 Å². The molecular weight excluding hydrogens is 216 g/mol. The molecule has 0 heterocycles. The second kappa shape index (κ2) is 5.32. The van der Waals surface area contributed by atoms with E-state index < -0.39 is 11.6 Å². The Bertz CT molecular complexity index is 396. The van der Waals surface area contributed by atoms with Crippen molar-refractivity contribution >= 4 is 5.97 Å². The van der Waals surface area contributed by atoms with Crippen LogP contribution in [0, 0.1) is 5.92 Å². The lowest BCUT2D eigenvalue weighted by Crippen LogP contribution is -2.23. The third kappa shape index (κ3) is 3.30. The zero-order valence-electron chi connectivity index (χ0n) is 10.9. The fraction of sp³-hybridized carbons (Fsp3) is 0.500. The zero-order chi connectivity index (χ0) is 13.1. The van der Waals surface area contributed by atoms with Crippen molar-refractivity contribution in [2.45, 2.75) is 32.8 Å². The summed E-state index contributed by atoms with van der Waals surface area (Å²) in [4.78, 5) is 10.9. The van der Waals surface area contributed by atoms with E-state index in [1.54, 1.807) is 14.0 Å². The highest BCUT2D eigenvalue weighted by atomic mass is 16.5. The molecule has 17 heavy (non-hydrogen) atoms. The Hall–Kier alpha value is -1.35. The Labute approximate surface area is 102 Å². The number of ether oxygens (including phenoxy) is 1. The number of hydrogen-bond acceptors (Lipinski definition) is 2. The molecule has 1 rings (SSSR count). The highest BCUT2D eigenvalue weighted by molar-refractivity contribution is 5.70. The van der Waals surface area contributed by atoms with E-state index in [0.717, 1.165) is 11.1 Å². The molecule has 0 bridgehead atoms. The van der Waals surface area contributed by atoms with Crippen molar-refractivity contribution in [3.63, 3.8) is 0 Å². The zero-order valence-corrected chi connectivity index (χ0v) is 10.9. The van der Waals surface area contributed by atoms with Crippen LogP contribution in [0.15, 0.2) is 24.3 Å². The van der Waals surface area contributed by atoms with Crippen molar-refractivity contribution in [3.8, 4) is 0 Å². The first kappa shape index (κ1) is 13.7. The summed E-state index contributed by atoms with van der Waals surface area (Å²) < 4.78 is 5.46. The molecule has 3 heteroatoms. The summed E-state index contributed by atoms with van der Waals surface area (Å²) in [5.41, 5.74) is 1.69. The maximum absolute atomic E-state index is 10.9. The standard InChI is InChI=1S/C14H20O3/c1-10(13(15)16)9-11-7-5-6-8-12(11)14(2,3)17-4/h5-8,10H,9H2,1-4H3,(H,15,16). The van der Waals surface area contributed by atoms with Crippen molar-refractivity contribution in [2.75, 3.05) is 7.11 Å². The number of carbonyl (C=O) groups is 1. The first-order valence-corrected chi connectivity index (χ1v) is 5.75. The summed E-state index contributed by atoms with van der Waals surface area (Å²) in [7, 11) is 1.66. The molecule has 0 spiro atoms. The molecule has 0 saturated heterocycles. The molecule has 0 amide bonds. The topological polar surface area (TPSA) is 46.5 Å². The third-order valence-corrected chi connectivity index (χ3v) is 3.12. The highest BCUT2D eigenvalue weighted by Gasteiger charge is 2.24. The van der Waals surface area contributed by atoms with Gasteiger partial charge in [-0.2, -0.15) is 0 Å². The molecule has 0 fully saturated rings. The van der Waals surface area contributed by atoms with Crippen LogP contribution in [0.25, 0.3) is 0 Å². The first-order chi connectivity index (χ1) is 7.88. The molecule has 94 valence electrons. The van der Waals surface area contributed by atoms with Crippen LogP contribution < -0.4 is 0 Å². The Kier molecular flexibility index (Phi) is 4.29. The molecule has 0 aromatic heterocycles. The number of benzene rings is 1. The third-order valence-electron chi connectivity index (χ3n) is 3.12. The van der Waals surface area contributed by atoms with Gasteiger partial charge in [-0.3, -0.25) is 4.79 Å². The van der Waals surface area contributed by atoms with Gasteiger partial charge in [-0.1, -0.05) is 31.2 Å². The Morgan fingerprint density at radius 3 is 2.53 bits per heavy atom. The van der Waals surface area contributed by atoms with Gasteiger partial charge in [0.05, 0.1) is 11.5 Å². The molecule has 0 radical (unpaired) electrons. The minimum Gasteiger partial charge on any atom is -0.481 e. The van der Waals surface area contributed by atoms with Gasteiger partial charge in [0.25, 0.3) is 0 Å². The van der Waals surface area contributed by atoms with E-state index in [-0.39, 0.29) is 5.92 Å². The average molecular weight is 236 g/mol. The highest BCUT2D eigenvalue weighted by Crippen LogP contribution is 2.28. The summed E-state index contributed by atoms with van der Waals surface area (Å²) >= 11 is 0. The van der Waals surface area contributed by atoms with Crippen LogP contribution in [-0.4, -0.2) is 18.2 Å². The van der Waals surface area contributed by atoms with E-state index in [1.165, 1.54) is 0 Å². The van der Waals surface area contributed by atoms with Crippen molar-refractivity contribution in [2.24, 2.45) is 5.92 Å². The first-order valence-electron chi connectivity index (χ1n) is 5.75. The number of aliphatic carboxylic acids is 1. The molecule has 1 aromatic carbocycles. The van der Waals surface area contributed by atoms with Crippen LogP contribution in [0.3, 0.4) is 0 Å². The molecule has 0 aliphatic heterocycles. The van der Waals surface area contributed by atoms with E-state index >= 15 is 0 Å². The average Bonchev–Trinajstić information content (AvgIpc) is 2.29. The predicted molar refractivity (Wildman–Crippen MR) is 67.0 cm³/mol. The summed E-state index contributed by atoms with van der Waals surface area (Å²) in [6, 6.07) is 7.84. The lowest BCUT2D eigenvalue weighted by atomic mass is 9.88. The second-order valence-corrected chi connectivity index (χ2v) is 4.81. The summed E-state index contributed by atoms with van der Waals surface area (Å²) in [6.07, 6.45) is 0.526. The molecule has 3 nitrogen and oxygen atoms in total. The van der Waals surface area contributed by atoms with Crippen molar-refractivity contribution in [1.29, 1.82) is 0 Å². The molecule has 0 saturated carbocycles. The van der Waals surface area contributed by atoms with Gasteiger partial charge in [-0.25, -0.2) is 0 Å². The molecule has 0 aliphatic carbocycles. The number of carboxylic acids is 1. The lowest BCUT2D eigenvalue weighted by Gasteiger charge is -2.26. The van der Waals surface area contributed by atoms with Gasteiger partial charge in [0.15, 0.2) is 0 Å². The van der Waals surface area contributed by atoms with Crippen molar-refractivity contribution in [3.05, 3.63) is 35.4 Å². The largest absolute Gasteiger partial charge is 0.481 e. The van der Waals surface area contributed by atoms with E-state index in [4.69, 9.17) is 9.84 Å². The van der Waals surface area contributed by atoms with Crippen molar-refractivity contribution < 1.29 is 14.6 Å². The molecular formula is C14H20O3. The van der Waals surface area contributed by atoms with Crippen LogP contribution in [-0.2, 0) is 21.6 Å². The van der Waals surface area contributed by atoms with E-state index in [9.17, 15) is 4.79 Å². The van der Waals surface area contributed by atoms with Gasteiger partial charge in [0.2, 0.25) is 0 Å². The van der Waals surface area contributed by atoms with Gasteiger partial charge in [0, 0.05) is 7.11 Å². The second-order valence-electron chi connectivity index (χ2n) is 4.81. The van der Waals surface area contributed by atoms with Gasteiger partial charge < -0.3 is 9.84 Å². The quantitative estimate of drug-likeness (QED) is 0.855. The molecule has 1 N–H and O–H groups in total. The van der Waals surface area contributed by atoms with Crippen LogP contribution in [0.4, 0.5) is 0 Å². The Morgan fingerprint density at radius 1 is 1.41 bits per heavy atom. The maximum atomic E-state index is 10.9. The lowest BCUT2D eigenvalue weighted by molar-refractivity contribution is -0.141. The van der Waals surface area contributed by atoms with E-state index in [0.29, 0.717) is 6.42 Å². The molecule has 1 aromatic rings. The SMILES string of the molecule is COC(C)(C)c1ccccc1CC(C)C(=O)O. The van der Waals surface area contributed by atoms with E-state index in [1.807, 2.05) is 38.1 Å².